The number of carbonyl (C=O) groups is 2. The van der Waals surface area contributed by atoms with Crippen LogP contribution in [0.2, 0.25) is 0 Å². The van der Waals surface area contributed by atoms with Crippen LogP contribution in [0, 0.1) is 5.41 Å². The lowest BCUT2D eigenvalue weighted by molar-refractivity contribution is -0.136. The van der Waals surface area contributed by atoms with Gasteiger partial charge in [-0.25, -0.2) is 9.97 Å². The van der Waals surface area contributed by atoms with E-state index in [0.717, 1.165) is 5.56 Å². The fourth-order valence-electron chi connectivity index (χ4n) is 2.70. The molecule has 0 saturated carbocycles. The van der Waals surface area contributed by atoms with E-state index in [9.17, 15) is 9.59 Å². The average molecular weight is 397 g/mol. The van der Waals surface area contributed by atoms with Crippen molar-refractivity contribution >= 4 is 28.9 Å². The number of amidine groups is 1. The van der Waals surface area contributed by atoms with Gasteiger partial charge in [0.05, 0.1) is 13.5 Å². The molecule has 150 valence electrons. The van der Waals surface area contributed by atoms with Crippen molar-refractivity contribution in [2.24, 2.45) is 12.8 Å². The van der Waals surface area contributed by atoms with Crippen LogP contribution in [0.25, 0.3) is 22.6 Å². The third-order valence-electron chi connectivity index (χ3n) is 4.16. The number of hydrogen-bond acceptors (Lipinski definition) is 7. The summed E-state index contributed by atoms with van der Waals surface area (Å²) < 4.78 is 6.96. The number of carboxylic acid groups (broad SMARTS) is 1. The van der Waals surface area contributed by atoms with Gasteiger partial charge < -0.3 is 25.5 Å². The summed E-state index contributed by atoms with van der Waals surface area (Å²) in [5, 5.41) is 18.6. The summed E-state index contributed by atoms with van der Waals surface area (Å²) in [6, 6.07) is 6.97. The van der Waals surface area contributed by atoms with Crippen LogP contribution in [0.4, 0.5) is 0 Å². The Labute approximate surface area is 165 Å². The van der Waals surface area contributed by atoms with Gasteiger partial charge in [0, 0.05) is 24.7 Å². The highest BCUT2D eigenvalue weighted by molar-refractivity contribution is 5.95. The van der Waals surface area contributed by atoms with Crippen LogP contribution < -0.4 is 15.8 Å². The molecule has 11 heteroatoms. The number of fused-ring (bicyclic) bond motifs is 1. The molecule has 2 aromatic heterocycles. The Bertz CT molecular complexity index is 1110. The minimum atomic E-state index is -1.02. The lowest BCUT2D eigenvalue weighted by Gasteiger charge is -2.06. The van der Waals surface area contributed by atoms with Gasteiger partial charge in [-0.1, -0.05) is 24.3 Å². The number of carbonyl (C=O) groups excluding carboxylic acids is 1. The normalized spacial score (nSPS) is 10.7. The quantitative estimate of drug-likeness (QED) is 0.330. The number of imidazole rings is 1. The zero-order valence-electron chi connectivity index (χ0n) is 15.8. The molecule has 0 atom stereocenters. The monoisotopic (exact) mass is 397 g/mol. The number of nitrogens with one attached hydrogen (secondary N) is 2. The van der Waals surface area contributed by atoms with Gasteiger partial charge in [0.1, 0.15) is 11.7 Å². The van der Waals surface area contributed by atoms with Crippen LogP contribution in [0.5, 0.6) is 5.88 Å². The minimum Gasteiger partial charge on any atom is -0.481 e. The molecule has 11 nitrogen and oxygen atoms in total. The zero-order valence-corrected chi connectivity index (χ0v) is 15.8. The highest BCUT2D eigenvalue weighted by Crippen LogP contribution is 2.27. The molecule has 1 aromatic carbocycles. The number of rotatable bonds is 7. The zero-order chi connectivity index (χ0) is 21.1. The summed E-state index contributed by atoms with van der Waals surface area (Å²) in [4.78, 5) is 35.8. The molecule has 1 amide bonds. The maximum atomic E-state index is 12.3. The fraction of sp³-hybridized carbons (Fsp3) is 0.222. The molecule has 0 fully saturated rings. The maximum absolute atomic E-state index is 12.3. The number of amides is 1. The summed E-state index contributed by atoms with van der Waals surface area (Å²) in [7, 11) is 3.14. The predicted octanol–water partition coefficient (Wildman–Crippen LogP) is 0.527. The fourth-order valence-corrected chi connectivity index (χ4v) is 2.70. The number of nitrogens with two attached hydrogens (primary N) is 1. The minimum absolute atomic E-state index is 0.0346. The molecule has 2 heterocycles. The predicted molar refractivity (Wildman–Crippen MR) is 104 cm³/mol. The highest BCUT2D eigenvalue weighted by atomic mass is 16.5. The molecule has 3 rings (SSSR count). The number of carboxylic acids is 1. The van der Waals surface area contributed by atoms with Crippen LogP contribution in [0.1, 0.15) is 22.6 Å². The number of ether oxygens (including phenoxy) is 1. The van der Waals surface area contributed by atoms with Gasteiger partial charge >= 0.3 is 5.97 Å². The van der Waals surface area contributed by atoms with E-state index < -0.39 is 11.9 Å². The van der Waals surface area contributed by atoms with Crippen molar-refractivity contribution in [3.05, 3.63) is 35.7 Å². The van der Waals surface area contributed by atoms with Crippen molar-refractivity contribution in [3.8, 4) is 17.3 Å². The molecule has 0 aliphatic heterocycles. The lowest BCUT2D eigenvalue weighted by atomic mass is 10.1. The summed E-state index contributed by atoms with van der Waals surface area (Å²) >= 11 is 0. The molecule has 0 unspecified atom stereocenters. The summed E-state index contributed by atoms with van der Waals surface area (Å²) in [6.07, 6.45) is -0.211. The van der Waals surface area contributed by atoms with Gasteiger partial charge in [-0.2, -0.15) is 4.98 Å². The molecule has 29 heavy (non-hydrogen) atoms. The van der Waals surface area contributed by atoms with E-state index in [-0.39, 0.29) is 30.5 Å². The molecular formula is C18H19N7O4. The SMILES string of the molecule is COc1nc(C(=O)NCCC(=O)O)nc2c1nc(-c1ccc(C(=N)N)cc1)n2C. The van der Waals surface area contributed by atoms with E-state index in [2.05, 4.69) is 20.3 Å². The second kappa shape index (κ2) is 7.92. The first-order valence-electron chi connectivity index (χ1n) is 8.55. The third-order valence-corrected chi connectivity index (χ3v) is 4.16. The number of nitrogen functional groups attached to an aromatic ring is 1. The maximum Gasteiger partial charge on any atom is 0.305 e. The van der Waals surface area contributed by atoms with Crippen molar-refractivity contribution in [3.63, 3.8) is 0 Å². The third kappa shape index (κ3) is 3.98. The lowest BCUT2D eigenvalue weighted by Crippen LogP contribution is -2.28. The number of aryl methyl sites for hydroxylation is 1. The van der Waals surface area contributed by atoms with Gasteiger partial charge in [0.15, 0.2) is 11.2 Å². The van der Waals surface area contributed by atoms with Gasteiger partial charge in [0.25, 0.3) is 5.91 Å². The Hall–Kier alpha value is -4.02. The molecule has 3 aromatic rings. The molecule has 0 bridgehead atoms. The van der Waals surface area contributed by atoms with Gasteiger partial charge in [0.2, 0.25) is 11.7 Å². The van der Waals surface area contributed by atoms with Crippen molar-refractivity contribution in [2.45, 2.75) is 6.42 Å². The van der Waals surface area contributed by atoms with Crippen LogP contribution >= 0.6 is 0 Å². The van der Waals surface area contributed by atoms with E-state index in [1.807, 2.05) is 0 Å². The summed E-state index contributed by atoms with van der Waals surface area (Å²) in [5.41, 5.74) is 7.59. The van der Waals surface area contributed by atoms with Crippen LogP contribution in [-0.4, -0.2) is 56.0 Å². The number of aliphatic carboxylic acids is 1. The Morgan fingerprint density at radius 1 is 1.24 bits per heavy atom. The Morgan fingerprint density at radius 3 is 2.52 bits per heavy atom. The van der Waals surface area contributed by atoms with Crippen molar-refractivity contribution in [1.82, 2.24) is 24.8 Å². The molecule has 0 aliphatic rings. The van der Waals surface area contributed by atoms with Gasteiger partial charge in [-0.05, 0) is 0 Å². The van der Waals surface area contributed by atoms with Crippen LogP contribution in [-0.2, 0) is 11.8 Å². The second-order valence-electron chi connectivity index (χ2n) is 6.11. The second-order valence-corrected chi connectivity index (χ2v) is 6.11. The van der Waals surface area contributed by atoms with Crippen molar-refractivity contribution < 1.29 is 19.4 Å². The molecule has 0 aliphatic carbocycles. The summed E-state index contributed by atoms with van der Waals surface area (Å²) in [5.74, 6) is -1.13. The smallest absolute Gasteiger partial charge is 0.305 e. The average Bonchev–Trinajstić information content (AvgIpc) is 3.03. The Morgan fingerprint density at radius 2 is 1.93 bits per heavy atom. The molecule has 5 N–H and O–H groups in total. The van der Waals surface area contributed by atoms with E-state index in [4.69, 9.17) is 21.0 Å². The standard InChI is InChI=1S/C18H19N7O4/c1-25-15(10-5-3-9(4-6-10)13(19)20)22-12-16(25)23-14(24-18(12)29-2)17(28)21-8-7-11(26)27/h3-6H,7-8H2,1-2H3,(H3,19,20)(H,21,28)(H,26,27). The first-order valence-corrected chi connectivity index (χ1v) is 8.55. The largest absolute Gasteiger partial charge is 0.481 e. The first-order chi connectivity index (χ1) is 13.8. The first kappa shape index (κ1) is 19.7. The highest BCUT2D eigenvalue weighted by Gasteiger charge is 2.20. The topological polar surface area (TPSA) is 169 Å². The van der Waals surface area contributed by atoms with E-state index in [1.54, 1.807) is 35.9 Å². The molecular weight excluding hydrogens is 378 g/mol. The molecule has 0 saturated heterocycles. The number of aromatic nitrogens is 4. The number of hydrogen-bond donors (Lipinski definition) is 4. The molecule has 0 radical (unpaired) electrons. The van der Waals surface area contributed by atoms with Gasteiger partial charge in [-0.3, -0.25) is 15.0 Å². The van der Waals surface area contributed by atoms with E-state index in [0.29, 0.717) is 22.6 Å². The van der Waals surface area contributed by atoms with Crippen molar-refractivity contribution in [1.29, 1.82) is 5.41 Å². The van der Waals surface area contributed by atoms with E-state index >= 15 is 0 Å². The van der Waals surface area contributed by atoms with Crippen LogP contribution in [0.15, 0.2) is 24.3 Å². The molecule has 0 spiro atoms. The van der Waals surface area contributed by atoms with E-state index in [1.165, 1.54) is 7.11 Å². The van der Waals surface area contributed by atoms with Crippen LogP contribution in [0.3, 0.4) is 0 Å². The number of nitrogens with zero attached hydrogens (tertiary/aromatic N) is 4. The number of benzene rings is 1. The number of methoxy groups -OCH3 is 1. The van der Waals surface area contributed by atoms with Gasteiger partial charge in [-0.15, -0.1) is 0 Å². The Kier molecular flexibility index (Phi) is 5.39. The summed E-state index contributed by atoms with van der Waals surface area (Å²) in [6.45, 7) is -0.0446. The Balaban J connectivity index is 2.01. The van der Waals surface area contributed by atoms with Crippen molar-refractivity contribution in [2.75, 3.05) is 13.7 Å².